The number of carboxylic acids is 1. The highest BCUT2D eigenvalue weighted by Gasteiger charge is 2.26. The van der Waals surface area contributed by atoms with E-state index in [1.54, 1.807) is 17.0 Å². The Labute approximate surface area is 148 Å². The maximum Gasteiger partial charge on any atom is 0.335 e. The number of nitrogens with zero attached hydrogens (tertiary/aromatic N) is 2. The highest BCUT2D eigenvalue weighted by molar-refractivity contribution is 7.88. The lowest BCUT2D eigenvalue weighted by atomic mass is 9.88. The molecule has 1 heterocycles. The molecule has 0 saturated carbocycles. The number of amides is 1. The van der Waals surface area contributed by atoms with Crippen molar-refractivity contribution in [1.82, 2.24) is 9.21 Å². The van der Waals surface area contributed by atoms with Crippen LogP contribution in [0.3, 0.4) is 0 Å². The molecule has 0 atom stereocenters. The predicted octanol–water partition coefficient (Wildman–Crippen LogP) is 1.06. The summed E-state index contributed by atoms with van der Waals surface area (Å²) in [5.41, 5.74) is 1.15. The molecule has 0 spiro atoms. The van der Waals surface area contributed by atoms with Gasteiger partial charge in [-0.05, 0) is 36.8 Å². The zero-order chi connectivity index (χ0) is 18.6. The summed E-state index contributed by atoms with van der Waals surface area (Å²) in [6, 6.07) is 6.99. The Morgan fingerprint density at radius 1 is 1.24 bits per heavy atom. The molecule has 8 heteroatoms. The average molecular weight is 368 g/mol. The highest BCUT2D eigenvalue weighted by atomic mass is 32.2. The van der Waals surface area contributed by atoms with Crippen molar-refractivity contribution in [3.63, 3.8) is 0 Å². The van der Waals surface area contributed by atoms with E-state index in [1.807, 2.05) is 12.1 Å². The molecule has 0 bridgehead atoms. The van der Waals surface area contributed by atoms with Gasteiger partial charge < -0.3 is 10.0 Å². The summed E-state index contributed by atoms with van der Waals surface area (Å²) in [5, 5.41) is 9.25. The van der Waals surface area contributed by atoms with Crippen LogP contribution in [-0.4, -0.2) is 67.5 Å². The van der Waals surface area contributed by atoms with Gasteiger partial charge in [0.05, 0.1) is 18.4 Å². The number of sulfonamides is 1. The zero-order valence-corrected chi connectivity index (χ0v) is 15.3. The first-order chi connectivity index (χ1) is 11.7. The molecule has 1 saturated heterocycles. The first kappa shape index (κ1) is 19.4. The number of carbonyl (C=O) groups excluding carboxylic acids is 1. The smallest absolute Gasteiger partial charge is 0.335 e. The number of likely N-dealkylation sites (tertiary alicyclic amines) is 1. The van der Waals surface area contributed by atoms with E-state index in [9.17, 15) is 23.1 Å². The molecule has 1 amide bonds. The van der Waals surface area contributed by atoms with Gasteiger partial charge in [-0.1, -0.05) is 18.2 Å². The van der Waals surface area contributed by atoms with Gasteiger partial charge in [-0.15, -0.1) is 0 Å². The fourth-order valence-electron chi connectivity index (χ4n) is 3.01. The van der Waals surface area contributed by atoms with Crippen molar-refractivity contribution in [2.75, 3.05) is 32.9 Å². The van der Waals surface area contributed by atoms with Crippen LogP contribution in [-0.2, 0) is 21.2 Å². The number of hydrogen-bond donors (Lipinski definition) is 1. The molecule has 1 N–H and O–H groups in total. The van der Waals surface area contributed by atoms with E-state index in [1.165, 1.54) is 7.05 Å². The summed E-state index contributed by atoms with van der Waals surface area (Å²) in [7, 11) is -1.98. The minimum atomic E-state index is -3.37. The van der Waals surface area contributed by atoms with E-state index in [4.69, 9.17) is 0 Å². The summed E-state index contributed by atoms with van der Waals surface area (Å²) in [4.78, 5) is 25.2. The van der Waals surface area contributed by atoms with Crippen LogP contribution in [0.1, 0.15) is 28.8 Å². The predicted molar refractivity (Wildman–Crippen MR) is 93.9 cm³/mol. The molecule has 1 aromatic carbocycles. The lowest BCUT2D eigenvalue weighted by Gasteiger charge is -2.33. The molecule has 0 radical (unpaired) electrons. The van der Waals surface area contributed by atoms with Crippen molar-refractivity contribution >= 4 is 21.9 Å². The molecule has 1 fully saturated rings. The maximum absolute atomic E-state index is 12.2. The summed E-state index contributed by atoms with van der Waals surface area (Å²) >= 11 is 0. The van der Waals surface area contributed by atoms with E-state index in [0.29, 0.717) is 31.0 Å². The van der Waals surface area contributed by atoms with Gasteiger partial charge in [-0.3, -0.25) is 4.79 Å². The van der Waals surface area contributed by atoms with E-state index in [2.05, 4.69) is 0 Å². The third-order valence-corrected chi connectivity index (χ3v) is 5.91. The molecule has 7 nitrogen and oxygen atoms in total. The van der Waals surface area contributed by atoms with Crippen molar-refractivity contribution in [1.29, 1.82) is 0 Å². The Morgan fingerprint density at radius 2 is 1.84 bits per heavy atom. The Balaban J connectivity index is 1.90. The summed E-state index contributed by atoms with van der Waals surface area (Å²) in [6.07, 6.45) is 3.31. The third kappa shape index (κ3) is 5.27. The number of carboxylic acid groups (broad SMARTS) is 1. The molecular formula is C17H24N2O5S. The molecule has 0 aliphatic carbocycles. The van der Waals surface area contributed by atoms with Gasteiger partial charge in [0.25, 0.3) is 0 Å². The van der Waals surface area contributed by atoms with Crippen LogP contribution in [0.25, 0.3) is 0 Å². The van der Waals surface area contributed by atoms with Crippen molar-refractivity contribution in [2.24, 2.45) is 5.92 Å². The number of carbonyl (C=O) groups is 2. The number of hydrogen-bond acceptors (Lipinski definition) is 4. The molecule has 0 aromatic heterocycles. The van der Waals surface area contributed by atoms with E-state index >= 15 is 0 Å². The van der Waals surface area contributed by atoms with E-state index in [0.717, 1.165) is 29.0 Å². The fourth-order valence-corrected chi connectivity index (χ4v) is 3.36. The first-order valence-corrected chi connectivity index (χ1v) is 10.0. The summed E-state index contributed by atoms with van der Waals surface area (Å²) in [5.74, 6) is -0.804. The summed E-state index contributed by atoms with van der Waals surface area (Å²) in [6.45, 7) is 0.984. The van der Waals surface area contributed by atoms with Gasteiger partial charge in [-0.2, -0.15) is 4.31 Å². The largest absolute Gasteiger partial charge is 0.478 e. The van der Waals surface area contributed by atoms with Crippen molar-refractivity contribution in [3.05, 3.63) is 35.4 Å². The lowest BCUT2D eigenvalue weighted by Crippen LogP contribution is -2.44. The van der Waals surface area contributed by atoms with Crippen LogP contribution in [0.2, 0.25) is 0 Å². The van der Waals surface area contributed by atoms with Gasteiger partial charge in [0.1, 0.15) is 0 Å². The number of piperidine rings is 1. The molecule has 2 rings (SSSR count). The quantitative estimate of drug-likeness (QED) is 0.810. The van der Waals surface area contributed by atoms with Crippen LogP contribution >= 0.6 is 0 Å². The molecule has 0 unspecified atom stereocenters. The van der Waals surface area contributed by atoms with Crippen LogP contribution in [0.4, 0.5) is 0 Å². The Bertz CT molecular complexity index is 739. The minimum Gasteiger partial charge on any atom is -0.478 e. The van der Waals surface area contributed by atoms with Gasteiger partial charge in [0.15, 0.2) is 0 Å². The van der Waals surface area contributed by atoms with Crippen LogP contribution in [0.15, 0.2) is 24.3 Å². The normalized spacial score (nSPS) is 16.2. The molecule has 25 heavy (non-hydrogen) atoms. The average Bonchev–Trinajstić information content (AvgIpc) is 2.54. The zero-order valence-electron chi connectivity index (χ0n) is 14.5. The van der Waals surface area contributed by atoms with Crippen molar-refractivity contribution in [2.45, 2.75) is 19.3 Å². The number of likely N-dealkylation sites (N-methyl/N-ethyl adjacent to an activating group) is 1. The van der Waals surface area contributed by atoms with Crippen LogP contribution in [0.5, 0.6) is 0 Å². The topological polar surface area (TPSA) is 95.0 Å². The maximum atomic E-state index is 12.2. The monoisotopic (exact) mass is 368 g/mol. The number of aromatic carboxylic acids is 1. The molecule has 1 aliphatic heterocycles. The van der Waals surface area contributed by atoms with Crippen molar-refractivity contribution < 1.29 is 23.1 Å². The second-order valence-corrected chi connectivity index (χ2v) is 8.60. The Morgan fingerprint density at radius 3 is 2.40 bits per heavy atom. The van der Waals surface area contributed by atoms with E-state index < -0.39 is 16.0 Å². The Hall–Kier alpha value is -1.93. The Kier molecular flexibility index (Phi) is 6.18. The summed E-state index contributed by atoms with van der Waals surface area (Å²) < 4.78 is 23.8. The number of benzene rings is 1. The molecule has 1 aromatic rings. The van der Waals surface area contributed by atoms with Crippen LogP contribution in [0, 0.1) is 5.92 Å². The SMILES string of the molecule is CN(CC(=O)N1CCC(Cc2ccccc2C(=O)O)CC1)S(C)(=O)=O. The van der Waals surface area contributed by atoms with Gasteiger partial charge in [0.2, 0.25) is 15.9 Å². The lowest BCUT2D eigenvalue weighted by molar-refractivity contribution is -0.132. The molecular weight excluding hydrogens is 344 g/mol. The van der Waals surface area contributed by atoms with Gasteiger partial charge in [-0.25, -0.2) is 13.2 Å². The van der Waals surface area contributed by atoms with Crippen LogP contribution < -0.4 is 0 Å². The van der Waals surface area contributed by atoms with Gasteiger partial charge in [0, 0.05) is 20.1 Å². The third-order valence-electron chi connectivity index (χ3n) is 4.65. The molecule has 138 valence electrons. The first-order valence-electron chi connectivity index (χ1n) is 8.18. The van der Waals surface area contributed by atoms with Gasteiger partial charge >= 0.3 is 5.97 Å². The standard InChI is InChI=1S/C17H24N2O5S/c1-18(25(2,23)24)12-16(20)19-9-7-13(8-10-19)11-14-5-3-4-6-15(14)17(21)22/h3-6,13H,7-12H2,1-2H3,(H,21,22). The van der Waals surface area contributed by atoms with E-state index in [-0.39, 0.29) is 12.5 Å². The minimum absolute atomic E-state index is 0.147. The fraction of sp³-hybridized carbons (Fsp3) is 0.529. The van der Waals surface area contributed by atoms with Crippen molar-refractivity contribution in [3.8, 4) is 0 Å². The second-order valence-electron chi connectivity index (χ2n) is 6.51. The molecule has 1 aliphatic rings. The second kappa shape index (κ2) is 7.97. The highest BCUT2D eigenvalue weighted by Crippen LogP contribution is 2.23. The number of rotatable bonds is 6.